The average Bonchev–Trinajstić information content (AvgIpc) is 2.66. The van der Waals surface area contributed by atoms with Gasteiger partial charge in [0.1, 0.15) is 5.75 Å². The van der Waals surface area contributed by atoms with Gasteiger partial charge in [-0.05, 0) is 54.5 Å². The predicted octanol–water partition coefficient (Wildman–Crippen LogP) is 3.55. The number of rotatable bonds is 6. The maximum Gasteiger partial charge on any atom is 0.261 e. The summed E-state index contributed by atoms with van der Waals surface area (Å²) in [6.07, 6.45) is 0. The zero-order valence-corrected chi connectivity index (χ0v) is 17.3. The molecule has 2 amide bonds. The molecular weight excluding hydrogens is 374 g/mol. The number of thiocarbonyl (C=S) groups is 1. The molecule has 28 heavy (non-hydrogen) atoms. The number of para-hydroxylation sites is 1. The highest BCUT2D eigenvalue weighted by Gasteiger charge is 2.14. The fourth-order valence-electron chi connectivity index (χ4n) is 2.32. The van der Waals surface area contributed by atoms with E-state index >= 15 is 0 Å². The third-order valence-electron chi connectivity index (χ3n) is 3.73. The minimum absolute atomic E-state index is 0.0829. The highest BCUT2D eigenvalue weighted by Crippen LogP contribution is 2.19. The lowest BCUT2D eigenvalue weighted by molar-refractivity contribution is 0.0827. The Hall–Kier alpha value is -2.93. The van der Waals surface area contributed by atoms with Crippen LogP contribution in [-0.4, -0.2) is 42.5 Å². The number of nitrogens with one attached hydrogen (secondary N) is 2. The number of benzene rings is 2. The van der Waals surface area contributed by atoms with Gasteiger partial charge in [-0.25, -0.2) is 0 Å². The molecule has 0 atom stereocenters. The van der Waals surface area contributed by atoms with Crippen LogP contribution in [0.5, 0.6) is 5.75 Å². The molecule has 2 aromatic rings. The monoisotopic (exact) mass is 399 g/mol. The van der Waals surface area contributed by atoms with E-state index in [0.29, 0.717) is 35.1 Å². The average molecular weight is 400 g/mol. The Morgan fingerprint density at radius 2 is 1.71 bits per heavy atom. The summed E-state index contributed by atoms with van der Waals surface area (Å²) in [7, 11) is 3.39. The normalized spacial score (nSPS) is 10.3. The van der Waals surface area contributed by atoms with Crippen LogP contribution in [0.4, 0.5) is 5.69 Å². The standard InChI is InChI=1S/C21H25N3O3S/c1-14(2)13-27-18-8-6-5-7-17(18)19(25)23-21(28)22-16-11-9-15(10-12-16)20(26)24(3)4/h5-12,14H,13H2,1-4H3,(H2,22,23,25,28). The third kappa shape index (κ3) is 6.06. The van der Waals surface area contributed by atoms with Crippen molar-refractivity contribution in [1.29, 1.82) is 0 Å². The topological polar surface area (TPSA) is 70.7 Å². The molecule has 0 spiro atoms. The van der Waals surface area contributed by atoms with Gasteiger partial charge in [0, 0.05) is 25.3 Å². The van der Waals surface area contributed by atoms with Crippen LogP contribution < -0.4 is 15.4 Å². The smallest absolute Gasteiger partial charge is 0.261 e. The van der Waals surface area contributed by atoms with Gasteiger partial charge < -0.3 is 15.0 Å². The van der Waals surface area contributed by atoms with Crippen LogP contribution in [0.3, 0.4) is 0 Å². The number of hydrogen-bond donors (Lipinski definition) is 2. The molecule has 0 heterocycles. The second-order valence-corrected chi connectivity index (χ2v) is 7.29. The molecule has 0 aliphatic rings. The van der Waals surface area contributed by atoms with Crippen molar-refractivity contribution in [3.05, 3.63) is 59.7 Å². The number of nitrogens with zero attached hydrogens (tertiary/aromatic N) is 1. The molecule has 7 heteroatoms. The second-order valence-electron chi connectivity index (χ2n) is 6.89. The van der Waals surface area contributed by atoms with Crippen molar-refractivity contribution >= 4 is 34.8 Å². The molecule has 148 valence electrons. The Kier molecular flexibility index (Phi) is 7.52. The summed E-state index contributed by atoms with van der Waals surface area (Å²) in [6, 6.07) is 13.9. The molecular formula is C21H25N3O3S. The summed E-state index contributed by atoms with van der Waals surface area (Å²) < 4.78 is 5.71. The largest absolute Gasteiger partial charge is 0.492 e. The van der Waals surface area contributed by atoms with Crippen LogP contribution in [0, 0.1) is 5.92 Å². The van der Waals surface area contributed by atoms with Crippen molar-refractivity contribution in [2.24, 2.45) is 5.92 Å². The first kappa shape index (κ1) is 21.4. The van der Waals surface area contributed by atoms with E-state index in [1.54, 1.807) is 56.6 Å². The van der Waals surface area contributed by atoms with E-state index in [0.717, 1.165) is 0 Å². The van der Waals surface area contributed by atoms with E-state index in [9.17, 15) is 9.59 Å². The van der Waals surface area contributed by atoms with Gasteiger partial charge >= 0.3 is 0 Å². The number of anilines is 1. The van der Waals surface area contributed by atoms with E-state index in [2.05, 4.69) is 10.6 Å². The molecule has 2 rings (SSSR count). The van der Waals surface area contributed by atoms with E-state index in [1.165, 1.54) is 4.90 Å². The van der Waals surface area contributed by atoms with Crippen LogP contribution in [0.1, 0.15) is 34.6 Å². The Morgan fingerprint density at radius 3 is 2.32 bits per heavy atom. The van der Waals surface area contributed by atoms with Crippen LogP contribution in [0.25, 0.3) is 0 Å². The molecule has 0 saturated heterocycles. The van der Waals surface area contributed by atoms with Gasteiger partial charge in [-0.1, -0.05) is 26.0 Å². The summed E-state index contributed by atoms with van der Waals surface area (Å²) >= 11 is 5.23. The van der Waals surface area contributed by atoms with Crippen molar-refractivity contribution < 1.29 is 14.3 Å². The Bertz CT molecular complexity index is 848. The highest BCUT2D eigenvalue weighted by atomic mass is 32.1. The first-order valence-electron chi connectivity index (χ1n) is 8.93. The number of ether oxygens (including phenoxy) is 1. The first-order chi connectivity index (χ1) is 13.3. The van der Waals surface area contributed by atoms with Crippen LogP contribution in [0.2, 0.25) is 0 Å². The van der Waals surface area contributed by atoms with Gasteiger partial charge in [-0.15, -0.1) is 0 Å². The van der Waals surface area contributed by atoms with Gasteiger partial charge in [-0.2, -0.15) is 0 Å². The predicted molar refractivity (Wildman–Crippen MR) is 115 cm³/mol. The van der Waals surface area contributed by atoms with E-state index in [4.69, 9.17) is 17.0 Å². The molecule has 0 bridgehead atoms. The van der Waals surface area contributed by atoms with E-state index in [1.807, 2.05) is 19.9 Å². The number of hydrogen-bond acceptors (Lipinski definition) is 4. The lowest BCUT2D eigenvalue weighted by Gasteiger charge is -2.14. The molecule has 0 aliphatic carbocycles. The van der Waals surface area contributed by atoms with Gasteiger partial charge in [0.2, 0.25) is 0 Å². The van der Waals surface area contributed by atoms with Crippen LogP contribution in [-0.2, 0) is 0 Å². The second kappa shape index (κ2) is 9.85. The lowest BCUT2D eigenvalue weighted by atomic mass is 10.2. The molecule has 0 radical (unpaired) electrons. The molecule has 0 aliphatic heterocycles. The zero-order valence-electron chi connectivity index (χ0n) is 16.5. The minimum atomic E-state index is -0.351. The van der Waals surface area contributed by atoms with Gasteiger partial charge in [-0.3, -0.25) is 14.9 Å². The summed E-state index contributed by atoms with van der Waals surface area (Å²) in [6.45, 7) is 4.60. The summed E-state index contributed by atoms with van der Waals surface area (Å²) in [5.74, 6) is 0.431. The lowest BCUT2D eigenvalue weighted by Crippen LogP contribution is -2.34. The number of carbonyl (C=O) groups is 2. The van der Waals surface area contributed by atoms with E-state index < -0.39 is 0 Å². The van der Waals surface area contributed by atoms with E-state index in [-0.39, 0.29) is 16.9 Å². The summed E-state index contributed by atoms with van der Waals surface area (Å²) in [5.41, 5.74) is 1.66. The van der Waals surface area contributed by atoms with Gasteiger partial charge in [0.25, 0.3) is 11.8 Å². The quantitative estimate of drug-likeness (QED) is 0.727. The Balaban J connectivity index is 2.00. The molecule has 6 nitrogen and oxygen atoms in total. The fourth-order valence-corrected chi connectivity index (χ4v) is 2.53. The fraction of sp³-hybridized carbons (Fsp3) is 0.286. The third-order valence-corrected chi connectivity index (χ3v) is 3.93. The molecule has 2 N–H and O–H groups in total. The number of amides is 2. The first-order valence-corrected chi connectivity index (χ1v) is 9.34. The molecule has 0 unspecified atom stereocenters. The molecule has 0 fully saturated rings. The van der Waals surface area contributed by atoms with Crippen molar-refractivity contribution in [2.45, 2.75) is 13.8 Å². The Labute approximate surface area is 170 Å². The Morgan fingerprint density at radius 1 is 1.07 bits per heavy atom. The highest BCUT2D eigenvalue weighted by molar-refractivity contribution is 7.80. The van der Waals surface area contributed by atoms with Gasteiger partial charge in [0.15, 0.2) is 5.11 Å². The van der Waals surface area contributed by atoms with Crippen molar-refractivity contribution in [2.75, 3.05) is 26.0 Å². The molecule has 0 saturated carbocycles. The SMILES string of the molecule is CC(C)COc1ccccc1C(=O)NC(=S)Nc1ccc(C(=O)N(C)C)cc1. The zero-order chi connectivity index (χ0) is 20.7. The van der Waals surface area contributed by atoms with Crippen molar-refractivity contribution in [1.82, 2.24) is 10.2 Å². The maximum atomic E-state index is 12.6. The molecule has 0 aromatic heterocycles. The summed E-state index contributed by atoms with van der Waals surface area (Å²) in [4.78, 5) is 26.0. The molecule has 2 aromatic carbocycles. The summed E-state index contributed by atoms with van der Waals surface area (Å²) in [5, 5.41) is 5.76. The van der Waals surface area contributed by atoms with Crippen molar-refractivity contribution in [3.8, 4) is 5.75 Å². The number of carbonyl (C=O) groups excluding carboxylic acids is 2. The minimum Gasteiger partial charge on any atom is -0.492 e. The van der Waals surface area contributed by atoms with Crippen molar-refractivity contribution in [3.63, 3.8) is 0 Å². The van der Waals surface area contributed by atoms with Gasteiger partial charge in [0.05, 0.1) is 12.2 Å². The van der Waals surface area contributed by atoms with Crippen LogP contribution in [0.15, 0.2) is 48.5 Å². The maximum absolute atomic E-state index is 12.6. The van der Waals surface area contributed by atoms with Crippen LogP contribution >= 0.6 is 12.2 Å².